The van der Waals surface area contributed by atoms with Gasteiger partial charge in [0.05, 0.1) is 13.1 Å². The first-order valence-electron chi connectivity index (χ1n) is 24.3. The molecule has 5 amide bonds. The van der Waals surface area contributed by atoms with E-state index in [1.807, 2.05) is 133 Å². The van der Waals surface area contributed by atoms with Gasteiger partial charge in [0.15, 0.2) is 0 Å². The topological polar surface area (TPSA) is 226 Å². The Hall–Kier alpha value is -7.56. The van der Waals surface area contributed by atoms with Gasteiger partial charge in [-0.3, -0.25) is 29.2 Å². The van der Waals surface area contributed by atoms with Crippen molar-refractivity contribution < 1.29 is 29.2 Å². The van der Waals surface area contributed by atoms with Crippen LogP contribution < -0.4 is 43.1 Å². The maximum absolute atomic E-state index is 13.7. The molecule has 14 nitrogen and oxygen atoms in total. The average molecular weight is 1000 g/mol. The summed E-state index contributed by atoms with van der Waals surface area (Å²) in [5, 5.41) is 14.9. The van der Waals surface area contributed by atoms with Gasteiger partial charge in [0.1, 0.15) is 17.1 Å². The number of thiocarbonyl (C=S) groups is 1. The molecule has 0 unspecified atom stereocenters. The molecule has 0 spiro atoms. The molecule has 6 aromatic carbocycles. The molecule has 0 saturated carbocycles. The maximum atomic E-state index is 13.7. The SMILES string of the molecule is CC(C)(N)CC(=O)N[C@@H]1CCc2ccccc2N(Cc2ccc(-c3ccccc3C(=O)NO)cc2)C1=O.CC(C)(N)CC(=O)N[C@@H]1CCc2ccccc2N(Cc2ccc(-c3ccccc3C(N)=S)cc2)C1=O. The van der Waals surface area contributed by atoms with Crippen LogP contribution in [0.5, 0.6) is 0 Å². The summed E-state index contributed by atoms with van der Waals surface area (Å²) in [6, 6.07) is 44.9. The highest BCUT2D eigenvalue weighted by atomic mass is 32.1. The van der Waals surface area contributed by atoms with E-state index in [0.29, 0.717) is 54.9 Å². The molecule has 0 radical (unpaired) electrons. The Labute approximate surface area is 432 Å². The molecule has 10 N–H and O–H groups in total. The Morgan fingerprint density at radius 1 is 0.575 bits per heavy atom. The molecule has 2 atom stereocenters. The molecule has 0 aliphatic carbocycles. The summed E-state index contributed by atoms with van der Waals surface area (Å²) in [6.07, 6.45) is 2.69. The number of hydroxylamine groups is 1. The third kappa shape index (κ3) is 13.9. The number of anilines is 2. The number of amides is 5. The Morgan fingerprint density at radius 2 is 0.945 bits per heavy atom. The molecule has 378 valence electrons. The molecule has 0 aromatic heterocycles. The zero-order valence-corrected chi connectivity index (χ0v) is 42.5. The normalized spacial score (nSPS) is 15.6. The molecule has 73 heavy (non-hydrogen) atoms. The van der Waals surface area contributed by atoms with Crippen LogP contribution in [0.15, 0.2) is 146 Å². The number of para-hydroxylation sites is 2. The van der Waals surface area contributed by atoms with Gasteiger partial charge in [0.2, 0.25) is 23.6 Å². The Morgan fingerprint density at radius 3 is 1.34 bits per heavy atom. The van der Waals surface area contributed by atoms with Gasteiger partial charge in [0, 0.05) is 46.4 Å². The lowest BCUT2D eigenvalue weighted by molar-refractivity contribution is -0.128. The van der Waals surface area contributed by atoms with Gasteiger partial charge in [-0.15, -0.1) is 0 Å². The summed E-state index contributed by atoms with van der Waals surface area (Å²) in [5.41, 5.74) is 28.7. The standard InChI is InChI=1S/C29H32N4O4.C29H32N4O2S/c1-29(2,30)17-26(34)31-24-16-15-21-7-3-6-10-25(21)33(28(24)36)18-19-11-13-20(14-12-19)22-8-4-5-9-23(22)27(35)32-37;1-29(2,31)17-26(34)32-24-16-15-21-7-3-6-10-25(21)33(28(24)35)18-19-11-13-20(14-12-19)22-8-4-5-9-23(22)27(30)36/h3-14,24,37H,15-18,30H2,1-2H3,(H,31,34)(H,32,35);3-14,24H,15-18,31H2,1-2H3,(H2,30,36)(H,32,34)/t2*24-/m11/s1. The van der Waals surface area contributed by atoms with E-state index in [1.165, 1.54) is 0 Å². The van der Waals surface area contributed by atoms with E-state index >= 15 is 0 Å². The minimum absolute atomic E-state index is 0.119. The van der Waals surface area contributed by atoms with Gasteiger partial charge in [-0.05, 0) is 116 Å². The number of benzene rings is 6. The second-order valence-electron chi connectivity index (χ2n) is 20.0. The van der Waals surface area contributed by atoms with Gasteiger partial charge in [-0.2, -0.15) is 0 Å². The molecule has 0 saturated heterocycles. The van der Waals surface area contributed by atoms with Crippen molar-refractivity contribution in [2.75, 3.05) is 9.80 Å². The van der Waals surface area contributed by atoms with E-state index in [0.717, 1.165) is 55.9 Å². The lowest BCUT2D eigenvalue weighted by Crippen LogP contribution is -2.49. The molecule has 6 aromatic rings. The van der Waals surface area contributed by atoms with Crippen LogP contribution in [0.4, 0.5) is 11.4 Å². The lowest BCUT2D eigenvalue weighted by atomic mass is 9.98. The lowest BCUT2D eigenvalue weighted by Gasteiger charge is -2.27. The molecular weight excluding hydrogens is 937 g/mol. The van der Waals surface area contributed by atoms with Crippen molar-refractivity contribution >= 4 is 58.1 Å². The fraction of sp³-hybridized carbons (Fsp3) is 0.276. The second kappa shape index (κ2) is 23.3. The fourth-order valence-corrected chi connectivity index (χ4v) is 9.41. The van der Waals surface area contributed by atoms with E-state index < -0.39 is 29.1 Å². The predicted octanol–water partition coefficient (Wildman–Crippen LogP) is 7.64. The molecule has 2 heterocycles. The number of aryl methyl sites for hydroxylation is 2. The van der Waals surface area contributed by atoms with E-state index in [4.69, 9.17) is 34.6 Å². The largest absolute Gasteiger partial charge is 0.389 e. The number of hydrogen-bond donors (Lipinski definition) is 7. The van der Waals surface area contributed by atoms with E-state index in [2.05, 4.69) is 10.6 Å². The van der Waals surface area contributed by atoms with Crippen LogP contribution in [0, 0.1) is 0 Å². The molecular formula is C58H64N8O6S. The number of fused-ring (bicyclic) bond motifs is 2. The molecule has 0 fully saturated rings. The maximum Gasteiger partial charge on any atom is 0.275 e. The number of hydrogen-bond acceptors (Lipinski definition) is 9. The highest BCUT2D eigenvalue weighted by Crippen LogP contribution is 2.32. The van der Waals surface area contributed by atoms with Crippen molar-refractivity contribution in [3.8, 4) is 22.3 Å². The number of nitrogens with one attached hydrogen (secondary N) is 3. The van der Waals surface area contributed by atoms with Gasteiger partial charge >= 0.3 is 0 Å². The second-order valence-corrected chi connectivity index (χ2v) is 20.5. The smallest absolute Gasteiger partial charge is 0.275 e. The van der Waals surface area contributed by atoms with Crippen LogP contribution in [-0.2, 0) is 45.1 Å². The van der Waals surface area contributed by atoms with Crippen molar-refractivity contribution in [1.82, 2.24) is 16.1 Å². The van der Waals surface area contributed by atoms with Crippen LogP contribution >= 0.6 is 12.2 Å². The van der Waals surface area contributed by atoms with Crippen LogP contribution in [0.1, 0.15) is 91.6 Å². The highest BCUT2D eigenvalue weighted by Gasteiger charge is 2.34. The molecule has 2 aliphatic heterocycles. The third-order valence-corrected chi connectivity index (χ3v) is 12.9. The quantitative estimate of drug-likeness (QED) is 0.0321. The van der Waals surface area contributed by atoms with Gasteiger partial charge in [-0.25, -0.2) is 5.48 Å². The summed E-state index contributed by atoms with van der Waals surface area (Å²) < 4.78 is 0. The molecule has 2 aliphatic rings. The summed E-state index contributed by atoms with van der Waals surface area (Å²) in [4.78, 5) is 68.4. The zero-order valence-electron chi connectivity index (χ0n) is 41.7. The Bertz CT molecular complexity index is 2980. The van der Waals surface area contributed by atoms with Crippen molar-refractivity contribution in [3.63, 3.8) is 0 Å². The number of carbonyl (C=O) groups is 5. The van der Waals surface area contributed by atoms with Gasteiger partial charge in [-0.1, -0.05) is 140 Å². The van der Waals surface area contributed by atoms with Gasteiger partial charge in [0.25, 0.3) is 5.91 Å². The number of nitrogens with two attached hydrogens (primary N) is 3. The van der Waals surface area contributed by atoms with E-state index in [9.17, 15) is 24.0 Å². The van der Waals surface area contributed by atoms with Gasteiger partial charge < -0.3 is 37.6 Å². The van der Waals surface area contributed by atoms with Crippen molar-refractivity contribution in [2.24, 2.45) is 17.2 Å². The summed E-state index contributed by atoms with van der Waals surface area (Å²) in [7, 11) is 0. The minimum atomic E-state index is -0.668. The molecule has 8 rings (SSSR count). The zero-order chi connectivity index (χ0) is 52.5. The van der Waals surface area contributed by atoms with Crippen LogP contribution in [0.3, 0.4) is 0 Å². The molecule has 0 bridgehead atoms. The molecule has 15 heteroatoms. The predicted molar refractivity (Wildman–Crippen MR) is 290 cm³/mol. The summed E-state index contributed by atoms with van der Waals surface area (Å²) in [6.45, 7) is 7.87. The van der Waals surface area contributed by atoms with E-state index in [-0.39, 0.29) is 36.5 Å². The third-order valence-electron chi connectivity index (χ3n) is 12.7. The monoisotopic (exact) mass is 1000 g/mol. The first-order valence-corrected chi connectivity index (χ1v) is 24.8. The van der Waals surface area contributed by atoms with Crippen LogP contribution in [0.2, 0.25) is 0 Å². The fourth-order valence-electron chi connectivity index (χ4n) is 9.23. The van der Waals surface area contributed by atoms with Crippen molar-refractivity contribution in [1.29, 1.82) is 0 Å². The highest BCUT2D eigenvalue weighted by molar-refractivity contribution is 7.80. The number of nitrogens with zero attached hydrogens (tertiary/aromatic N) is 2. The Kier molecular flexibility index (Phi) is 17.0. The van der Waals surface area contributed by atoms with Crippen LogP contribution in [-0.4, -0.2) is 62.9 Å². The van der Waals surface area contributed by atoms with Crippen molar-refractivity contribution in [2.45, 2.75) is 102 Å². The summed E-state index contributed by atoms with van der Waals surface area (Å²) in [5.74, 6) is -1.33. The first kappa shape index (κ1) is 53.2. The number of rotatable bonds is 14. The van der Waals surface area contributed by atoms with E-state index in [1.54, 1.807) is 55.1 Å². The Balaban J connectivity index is 0.000000214. The summed E-state index contributed by atoms with van der Waals surface area (Å²) >= 11 is 5.21. The van der Waals surface area contributed by atoms with Crippen molar-refractivity contribution in [3.05, 3.63) is 179 Å². The first-order chi connectivity index (χ1) is 34.8. The van der Waals surface area contributed by atoms with Crippen LogP contribution in [0.25, 0.3) is 22.3 Å². The average Bonchev–Trinajstić information content (AvgIpc) is 3.57. The minimum Gasteiger partial charge on any atom is -0.389 e. The number of carbonyl (C=O) groups excluding carboxylic acids is 5.